The van der Waals surface area contributed by atoms with E-state index in [1.54, 1.807) is 0 Å². The molecule has 0 heterocycles. The molecule has 0 aromatic heterocycles. The lowest BCUT2D eigenvalue weighted by atomic mass is 10.1. The first kappa shape index (κ1) is 23.3. The Morgan fingerprint density at radius 1 is 0.957 bits per heavy atom. The Morgan fingerprint density at radius 2 is 1.57 bits per heavy atom. The Morgan fingerprint density at radius 3 is 2.04 bits per heavy atom. The number of hydrogen-bond donors (Lipinski definition) is 4. The van der Waals surface area contributed by atoms with Crippen LogP contribution in [0.4, 0.5) is 0 Å². The van der Waals surface area contributed by atoms with Crippen molar-refractivity contribution >= 4 is 44.3 Å². The molecule has 0 saturated heterocycles. The minimum absolute atomic E-state index is 0.181. The Kier molecular flexibility index (Phi) is 11.9. The van der Waals surface area contributed by atoms with Crippen molar-refractivity contribution < 1.29 is 55.2 Å². The zero-order valence-electron chi connectivity index (χ0n) is 11.4. The maximum absolute atomic E-state index is 11.3. The van der Waals surface area contributed by atoms with Gasteiger partial charge in [0.05, 0.1) is 11.0 Å². The Labute approximate surface area is 141 Å². The van der Waals surface area contributed by atoms with E-state index in [1.807, 2.05) is 0 Å². The molecule has 0 aliphatic rings. The molecule has 0 rings (SSSR count). The topological polar surface area (TPSA) is 186 Å². The van der Waals surface area contributed by atoms with Crippen molar-refractivity contribution in [2.24, 2.45) is 0 Å². The van der Waals surface area contributed by atoms with E-state index < -0.39 is 42.9 Å². The molecule has 16 heteroatoms. The summed E-state index contributed by atoms with van der Waals surface area (Å²) in [7, 11) is -9.00. The maximum Gasteiger partial charge on any atom is 0.267 e. The predicted molar refractivity (Wildman–Crippen MR) is 79.0 cm³/mol. The van der Waals surface area contributed by atoms with Gasteiger partial charge in [-0.25, -0.2) is 10.5 Å². The zero-order chi connectivity index (χ0) is 17.9. The molecule has 23 heavy (non-hydrogen) atoms. The van der Waals surface area contributed by atoms with Crippen LogP contribution in [0.2, 0.25) is 0 Å². The second-order valence-electron chi connectivity index (χ2n) is 4.06. The lowest BCUT2D eigenvalue weighted by molar-refractivity contribution is -0.432. The Balaban J connectivity index is 4.75. The molecular weight excluding hydrogens is 404 g/mol. The molecule has 0 aromatic carbocycles. The molecule has 2 unspecified atom stereocenters. The van der Waals surface area contributed by atoms with Crippen molar-refractivity contribution in [3.8, 4) is 0 Å². The van der Waals surface area contributed by atoms with Crippen LogP contribution in [0.3, 0.4) is 0 Å². The smallest absolute Gasteiger partial charge is 0.267 e. The van der Waals surface area contributed by atoms with Gasteiger partial charge in [-0.05, 0) is 19.3 Å². The monoisotopic (exact) mass is 420 g/mol. The van der Waals surface area contributed by atoms with Gasteiger partial charge in [-0.1, -0.05) is 10.1 Å². The molecule has 140 valence electrons. The predicted octanol–water partition coefficient (Wildman–Crippen LogP) is 0.808. The molecule has 0 aromatic rings. The summed E-state index contributed by atoms with van der Waals surface area (Å²) in [4.78, 5) is 0. The minimum Gasteiger partial charge on any atom is -0.286 e. The lowest BCUT2D eigenvalue weighted by Gasteiger charge is -2.19. The van der Waals surface area contributed by atoms with Crippen molar-refractivity contribution in [3.05, 3.63) is 0 Å². The van der Waals surface area contributed by atoms with E-state index in [2.05, 4.69) is 18.7 Å². The third kappa shape index (κ3) is 13.3. The molecule has 0 radical (unpaired) electrons. The van der Waals surface area contributed by atoms with Gasteiger partial charge in [0.15, 0.2) is 0 Å². The summed E-state index contributed by atoms with van der Waals surface area (Å²) in [5, 5.41) is 20.6. The fourth-order valence-electron chi connectivity index (χ4n) is 1.48. The van der Waals surface area contributed by atoms with Crippen molar-refractivity contribution in [1.29, 1.82) is 0 Å². The van der Waals surface area contributed by atoms with Gasteiger partial charge in [-0.2, -0.15) is 16.8 Å². The molecule has 0 aliphatic carbocycles. The Hall–Kier alpha value is 0.280. The average molecular weight is 420 g/mol. The van der Waals surface area contributed by atoms with Crippen LogP contribution < -0.4 is 0 Å². The van der Waals surface area contributed by atoms with E-state index in [0.717, 1.165) is 0 Å². The first-order valence-corrected chi connectivity index (χ1v) is 10.6. The molecule has 0 amide bonds. The highest BCUT2D eigenvalue weighted by Crippen LogP contribution is 2.26. The molecule has 0 saturated carbocycles. The highest BCUT2D eigenvalue weighted by Gasteiger charge is 2.29. The van der Waals surface area contributed by atoms with Crippen LogP contribution in [-0.2, 0) is 39.0 Å². The second-order valence-corrected chi connectivity index (χ2v) is 9.11. The van der Waals surface area contributed by atoms with Crippen molar-refractivity contribution in [1.82, 2.24) is 0 Å². The van der Waals surface area contributed by atoms with Gasteiger partial charge in [0.25, 0.3) is 20.2 Å². The van der Waals surface area contributed by atoms with E-state index in [-0.39, 0.29) is 18.6 Å². The van der Waals surface area contributed by atoms with Crippen LogP contribution in [0.15, 0.2) is 0 Å². The molecule has 2 atom stereocenters. The second kappa shape index (κ2) is 11.8. The lowest BCUT2D eigenvalue weighted by Crippen LogP contribution is -2.28. The van der Waals surface area contributed by atoms with Gasteiger partial charge < -0.3 is 0 Å². The molecule has 0 fully saturated rings. The molecule has 4 N–H and O–H groups in total. The third-order valence-electron chi connectivity index (χ3n) is 2.45. The summed E-state index contributed by atoms with van der Waals surface area (Å²) in [6.07, 6.45) is -0.638. The van der Waals surface area contributed by atoms with Crippen LogP contribution in [-0.4, -0.2) is 58.5 Å². The standard InChI is InChI=1S/C7H16O12S4/c8-16-18-20-3-1-6(21-19-17-9)5-7(23(13,14)15)2-4-22(10,11)12/h6-9H,1-5H2,(H,10,11,12)(H,13,14,15). The van der Waals surface area contributed by atoms with Gasteiger partial charge in [-0.3, -0.25) is 9.11 Å². The average Bonchev–Trinajstić information content (AvgIpc) is 2.42. The van der Waals surface area contributed by atoms with E-state index in [9.17, 15) is 16.8 Å². The number of hydrogen-bond acceptors (Lipinski definition) is 12. The first-order valence-electron chi connectivity index (χ1n) is 5.75. The van der Waals surface area contributed by atoms with E-state index in [0.29, 0.717) is 24.1 Å². The zero-order valence-corrected chi connectivity index (χ0v) is 14.6. The van der Waals surface area contributed by atoms with Crippen LogP contribution in [0.5, 0.6) is 0 Å². The van der Waals surface area contributed by atoms with Gasteiger partial charge in [-0.15, -0.1) is 8.67 Å². The van der Waals surface area contributed by atoms with Gasteiger partial charge in [0, 0.05) is 35.1 Å². The molecule has 0 bridgehead atoms. The number of rotatable bonds is 14. The quantitative estimate of drug-likeness (QED) is 0.102. The largest absolute Gasteiger partial charge is 0.286 e. The van der Waals surface area contributed by atoms with Gasteiger partial charge in [0.2, 0.25) is 0 Å². The SMILES string of the molecule is O=S(=O)(O)CCC(CC(CCSOOO)SOOO)S(=O)(=O)O. The summed E-state index contributed by atoms with van der Waals surface area (Å²) in [6, 6.07) is 0. The molecule has 0 spiro atoms. The van der Waals surface area contributed by atoms with Crippen molar-refractivity contribution in [3.63, 3.8) is 0 Å². The molecule has 12 nitrogen and oxygen atoms in total. The highest BCUT2D eigenvalue weighted by molar-refractivity contribution is 7.95. The van der Waals surface area contributed by atoms with Crippen molar-refractivity contribution in [2.75, 3.05) is 11.5 Å². The Bertz CT molecular complexity index is 504. The van der Waals surface area contributed by atoms with Crippen LogP contribution in [0, 0.1) is 0 Å². The molecular formula is C7H16O12S4. The van der Waals surface area contributed by atoms with E-state index in [1.165, 1.54) is 0 Å². The van der Waals surface area contributed by atoms with Crippen LogP contribution in [0.25, 0.3) is 0 Å². The fraction of sp³-hybridized carbons (Fsp3) is 1.00. The van der Waals surface area contributed by atoms with E-state index in [4.69, 9.17) is 19.6 Å². The summed E-state index contributed by atoms with van der Waals surface area (Å²) in [5.41, 5.74) is 0. The van der Waals surface area contributed by atoms with Crippen molar-refractivity contribution in [2.45, 2.75) is 29.8 Å². The third-order valence-corrected chi connectivity index (χ3v) is 5.87. The summed E-state index contributed by atoms with van der Waals surface area (Å²) in [6.45, 7) is 0. The summed E-state index contributed by atoms with van der Waals surface area (Å²) in [5.74, 6) is -0.675. The fourth-order valence-corrected chi connectivity index (χ4v) is 4.53. The van der Waals surface area contributed by atoms with Crippen LogP contribution >= 0.6 is 24.1 Å². The first-order chi connectivity index (χ1) is 10.6. The highest BCUT2D eigenvalue weighted by atomic mass is 32.2. The minimum atomic E-state index is -4.59. The van der Waals surface area contributed by atoms with Gasteiger partial charge in [0.1, 0.15) is 0 Å². The molecule has 0 aliphatic heterocycles. The summed E-state index contributed by atoms with van der Waals surface area (Å²) >= 11 is 1.20. The normalized spacial score (nSPS) is 15.5. The maximum atomic E-state index is 11.3. The van der Waals surface area contributed by atoms with E-state index >= 15 is 0 Å². The summed E-state index contributed by atoms with van der Waals surface area (Å²) < 4.78 is 70.1. The van der Waals surface area contributed by atoms with Gasteiger partial charge >= 0.3 is 0 Å². The van der Waals surface area contributed by atoms with Crippen LogP contribution in [0.1, 0.15) is 19.3 Å².